The quantitative estimate of drug-likeness (QED) is 0.479. The second-order valence-electron chi connectivity index (χ2n) is 7.87. The fourth-order valence-electron chi connectivity index (χ4n) is 3.53. The van der Waals surface area contributed by atoms with E-state index in [2.05, 4.69) is 10.0 Å². The third kappa shape index (κ3) is 6.57. The van der Waals surface area contributed by atoms with Crippen molar-refractivity contribution in [1.29, 1.82) is 0 Å². The van der Waals surface area contributed by atoms with Gasteiger partial charge < -0.3 is 14.6 Å². The van der Waals surface area contributed by atoms with Crippen LogP contribution in [-0.2, 0) is 21.2 Å². The average molecular weight is 482 g/mol. The summed E-state index contributed by atoms with van der Waals surface area (Å²) in [4.78, 5) is 26.0. The topological polar surface area (TPSA) is 109 Å². The van der Waals surface area contributed by atoms with Crippen LogP contribution < -0.4 is 10.0 Å². The number of carbonyl (C=O) groups is 2. The van der Waals surface area contributed by atoms with E-state index >= 15 is 0 Å². The van der Waals surface area contributed by atoms with E-state index in [9.17, 15) is 18.0 Å². The minimum Gasteiger partial charge on any atom is -0.469 e. The molecule has 0 radical (unpaired) electrons. The first kappa shape index (κ1) is 24.3. The number of hydrogen-bond acceptors (Lipinski definition) is 5. The number of hydrogen-bond donors (Lipinski definition) is 2. The van der Waals surface area contributed by atoms with E-state index in [-0.39, 0.29) is 34.0 Å². The molecule has 0 aliphatic carbocycles. The first-order chi connectivity index (χ1) is 15.3. The first-order valence-corrected chi connectivity index (χ1v) is 12.5. The Bertz CT molecular complexity index is 1040. The van der Waals surface area contributed by atoms with Gasteiger partial charge in [0.05, 0.1) is 21.7 Å². The van der Waals surface area contributed by atoms with Crippen molar-refractivity contribution in [3.63, 3.8) is 0 Å². The van der Waals surface area contributed by atoms with Gasteiger partial charge >= 0.3 is 0 Å². The van der Waals surface area contributed by atoms with Gasteiger partial charge in [0.2, 0.25) is 15.9 Å². The van der Waals surface area contributed by atoms with Gasteiger partial charge in [-0.1, -0.05) is 11.6 Å². The smallest absolute Gasteiger partial charge is 0.253 e. The van der Waals surface area contributed by atoms with E-state index in [1.807, 2.05) is 19.1 Å². The van der Waals surface area contributed by atoms with Crippen LogP contribution in [0.3, 0.4) is 0 Å². The van der Waals surface area contributed by atoms with E-state index in [1.165, 1.54) is 18.2 Å². The molecule has 1 aliphatic heterocycles. The molecule has 1 saturated heterocycles. The van der Waals surface area contributed by atoms with Crippen molar-refractivity contribution in [2.24, 2.45) is 0 Å². The molecule has 32 heavy (non-hydrogen) atoms. The lowest BCUT2D eigenvalue weighted by Gasteiger charge is -2.16. The molecule has 0 bridgehead atoms. The van der Waals surface area contributed by atoms with Gasteiger partial charge in [0, 0.05) is 38.5 Å². The zero-order chi connectivity index (χ0) is 23.1. The van der Waals surface area contributed by atoms with Gasteiger partial charge in [0.15, 0.2) is 0 Å². The highest BCUT2D eigenvalue weighted by Crippen LogP contribution is 2.21. The summed E-state index contributed by atoms with van der Waals surface area (Å²) in [6, 6.07) is 7.58. The molecule has 10 heteroatoms. The number of carbonyl (C=O) groups excluding carboxylic acids is 2. The highest BCUT2D eigenvalue weighted by Gasteiger charge is 2.21. The number of rotatable bonds is 11. The number of aryl methyl sites for hydroxylation is 1. The maximum atomic E-state index is 12.7. The summed E-state index contributed by atoms with van der Waals surface area (Å²) < 4.78 is 33.1. The molecular formula is C22H28ClN3O5S. The van der Waals surface area contributed by atoms with Crippen LogP contribution >= 0.6 is 11.6 Å². The van der Waals surface area contributed by atoms with Gasteiger partial charge in [-0.25, -0.2) is 13.1 Å². The zero-order valence-electron chi connectivity index (χ0n) is 18.0. The van der Waals surface area contributed by atoms with Crippen LogP contribution in [0.25, 0.3) is 0 Å². The molecule has 2 N–H and O–H groups in total. The molecule has 1 aromatic carbocycles. The van der Waals surface area contributed by atoms with Crippen molar-refractivity contribution in [3.8, 4) is 0 Å². The molecule has 174 valence electrons. The number of nitrogens with one attached hydrogen (secondary N) is 2. The Hall–Kier alpha value is -2.36. The van der Waals surface area contributed by atoms with Crippen LogP contribution in [0.2, 0.25) is 5.02 Å². The molecule has 1 fully saturated rings. The van der Waals surface area contributed by atoms with Crippen LogP contribution in [-0.4, -0.2) is 50.8 Å². The molecule has 8 nitrogen and oxygen atoms in total. The molecule has 3 rings (SSSR count). The maximum Gasteiger partial charge on any atom is 0.253 e. The molecule has 0 spiro atoms. The third-order valence-electron chi connectivity index (χ3n) is 5.34. The molecular weight excluding hydrogens is 454 g/mol. The summed E-state index contributed by atoms with van der Waals surface area (Å²) in [5, 5.41) is 3.02. The second-order valence-corrected chi connectivity index (χ2v) is 10.0. The Kier molecular flexibility index (Phi) is 8.33. The lowest BCUT2D eigenvalue weighted by atomic mass is 10.1. The standard InChI is InChI=1S/C22H28ClN3O5S/c1-16(7-8-17-5-3-14-31-17)25-22(28)19-15-18(9-10-20(19)23)32(29,30)24-11-4-13-26-12-2-6-21(26)27/h3,5,9-10,14-16,24H,2,4,6-8,11-13H2,1H3,(H,25,28)/t16-/m0/s1. The summed E-state index contributed by atoms with van der Waals surface area (Å²) >= 11 is 6.17. The Morgan fingerprint density at radius 3 is 2.81 bits per heavy atom. The Morgan fingerprint density at radius 1 is 1.31 bits per heavy atom. The summed E-state index contributed by atoms with van der Waals surface area (Å²) in [6.45, 7) is 3.30. The lowest BCUT2D eigenvalue weighted by Crippen LogP contribution is -2.33. The Balaban J connectivity index is 1.55. The van der Waals surface area contributed by atoms with Crippen molar-refractivity contribution < 1.29 is 22.4 Å². The number of nitrogens with zero attached hydrogens (tertiary/aromatic N) is 1. The zero-order valence-corrected chi connectivity index (χ0v) is 19.5. The summed E-state index contributed by atoms with van der Waals surface area (Å²) in [5.74, 6) is 0.503. The number of benzene rings is 1. The van der Waals surface area contributed by atoms with Gasteiger partial charge in [-0.2, -0.15) is 0 Å². The maximum absolute atomic E-state index is 12.7. The van der Waals surface area contributed by atoms with E-state index < -0.39 is 15.9 Å². The van der Waals surface area contributed by atoms with Crippen LogP contribution in [0.15, 0.2) is 45.9 Å². The largest absolute Gasteiger partial charge is 0.469 e. The average Bonchev–Trinajstić information content (AvgIpc) is 3.41. The second kappa shape index (κ2) is 11.0. The van der Waals surface area contributed by atoms with Crippen molar-refractivity contribution >= 4 is 33.4 Å². The van der Waals surface area contributed by atoms with Crippen LogP contribution in [0, 0.1) is 0 Å². The Morgan fingerprint density at radius 2 is 2.12 bits per heavy atom. The SMILES string of the molecule is C[C@@H](CCc1ccco1)NC(=O)c1cc(S(=O)(=O)NCCCN2CCCC2=O)ccc1Cl. The number of likely N-dealkylation sites (tertiary alicyclic amines) is 1. The number of sulfonamides is 1. The summed E-state index contributed by atoms with van der Waals surface area (Å²) in [5.41, 5.74) is 0.0991. The molecule has 0 unspecified atom stereocenters. The van der Waals surface area contributed by atoms with Crippen molar-refractivity contribution in [1.82, 2.24) is 14.9 Å². The monoisotopic (exact) mass is 481 g/mol. The fourth-order valence-corrected chi connectivity index (χ4v) is 4.84. The number of amides is 2. The van der Waals surface area contributed by atoms with Crippen molar-refractivity contribution in [2.75, 3.05) is 19.6 Å². The van der Waals surface area contributed by atoms with Crippen LogP contribution in [0.1, 0.15) is 48.7 Å². The molecule has 2 aromatic rings. The number of furan rings is 1. The third-order valence-corrected chi connectivity index (χ3v) is 7.13. The van der Waals surface area contributed by atoms with E-state index in [0.717, 1.165) is 18.7 Å². The van der Waals surface area contributed by atoms with Gasteiger partial charge in [0.25, 0.3) is 5.91 Å². The first-order valence-electron chi connectivity index (χ1n) is 10.7. The summed E-state index contributed by atoms with van der Waals surface area (Å²) in [7, 11) is -3.82. The summed E-state index contributed by atoms with van der Waals surface area (Å²) in [6.07, 6.45) is 4.85. The van der Waals surface area contributed by atoms with E-state index in [4.69, 9.17) is 16.0 Å². The van der Waals surface area contributed by atoms with Gasteiger partial charge in [-0.05, 0) is 56.5 Å². The van der Waals surface area contributed by atoms with Gasteiger partial charge in [-0.15, -0.1) is 0 Å². The molecule has 1 aromatic heterocycles. The molecule has 0 saturated carbocycles. The minimum absolute atomic E-state index is 0.0347. The fraction of sp³-hybridized carbons (Fsp3) is 0.455. The lowest BCUT2D eigenvalue weighted by molar-refractivity contribution is -0.127. The van der Waals surface area contributed by atoms with Gasteiger partial charge in [0.1, 0.15) is 5.76 Å². The van der Waals surface area contributed by atoms with Crippen molar-refractivity contribution in [3.05, 3.63) is 52.9 Å². The Labute approximate surface area is 193 Å². The predicted molar refractivity (Wildman–Crippen MR) is 121 cm³/mol. The number of halogens is 1. The minimum atomic E-state index is -3.82. The molecule has 2 heterocycles. The highest BCUT2D eigenvalue weighted by molar-refractivity contribution is 7.89. The van der Waals surface area contributed by atoms with Crippen molar-refractivity contribution in [2.45, 2.75) is 50.0 Å². The predicted octanol–water partition coefficient (Wildman–Crippen LogP) is 2.97. The van der Waals surface area contributed by atoms with Crippen LogP contribution in [0.4, 0.5) is 0 Å². The van der Waals surface area contributed by atoms with E-state index in [0.29, 0.717) is 32.2 Å². The normalized spacial score (nSPS) is 15.2. The van der Waals surface area contributed by atoms with Gasteiger partial charge in [-0.3, -0.25) is 9.59 Å². The molecule has 1 aliphatic rings. The highest BCUT2D eigenvalue weighted by atomic mass is 35.5. The molecule has 1 atom stereocenters. The molecule has 2 amide bonds. The van der Waals surface area contributed by atoms with E-state index in [1.54, 1.807) is 11.2 Å². The van der Waals surface area contributed by atoms with Crippen LogP contribution in [0.5, 0.6) is 0 Å².